The first-order chi connectivity index (χ1) is 8.13. The molecule has 0 saturated carbocycles. The van der Waals surface area contributed by atoms with Crippen LogP contribution in [0.15, 0.2) is 0 Å². The quantitative estimate of drug-likeness (QED) is 0.677. The van der Waals surface area contributed by atoms with E-state index in [4.69, 9.17) is 15.2 Å². The summed E-state index contributed by atoms with van der Waals surface area (Å²) >= 11 is 1.25. The largest absolute Gasteiger partial charge is 0.382 e. The highest BCUT2D eigenvalue weighted by atomic mass is 32.1. The summed E-state index contributed by atoms with van der Waals surface area (Å²) < 4.78 is 9.84. The zero-order valence-electron chi connectivity index (χ0n) is 9.80. The Kier molecular flexibility index (Phi) is 5.98. The van der Waals surface area contributed by atoms with Gasteiger partial charge in [-0.2, -0.15) is 0 Å². The van der Waals surface area contributed by atoms with Gasteiger partial charge in [0.25, 0.3) is 5.91 Å². The van der Waals surface area contributed by atoms with Crippen LogP contribution in [0.3, 0.4) is 0 Å². The number of anilines is 1. The van der Waals surface area contributed by atoms with Gasteiger partial charge < -0.3 is 15.2 Å². The first kappa shape index (κ1) is 14.0. The highest BCUT2D eigenvalue weighted by Crippen LogP contribution is 2.19. The van der Waals surface area contributed by atoms with Crippen molar-refractivity contribution < 1.29 is 14.3 Å². The number of carbonyl (C=O) groups is 1. The minimum Gasteiger partial charge on any atom is -0.382 e. The Hall–Kier alpha value is -1.09. The Morgan fingerprint density at radius 1 is 1.53 bits per heavy atom. The van der Waals surface area contributed by atoms with Crippen molar-refractivity contribution in [2.75, 3.05) is 32.2 Å². The number of hydrogen-bond acceptors (Lipinski definition) is 7. The van der Waals surface area contributed by atoms with Crippen molar-refractivity contribution in [2.45, 2.75) is 13.0 Å². The molecule has 1 unspecified atom stereocenters. The van der Waals surface area contributed by atoms with Gasteiger partial charge in [0.15, 0.2) is 0 Å². The zero-order chi connectivity index (χ0) is 12.7. The number of carbonyl (C=O) groups excluding carboxylic acids is 1. The normalized spacial score (nSPS) is 12.4. The summed E-state index contributed by atoms with van der Waals surface area (Å²) in [5.41, 5.74) is 5.63. The summed E-state index contributed by atoms with van der Waals surface area (Å²) in [5.74, 6) is -0.270. The third-order valence-corrected chi connectivity index (χ3v) is 2.78. The molecule has 0 spiro atoms. The third kappa shape index (κ3) is 5.18. The van der Waals surface area contributed by atoms with Crippen molar-refractivity contribution in [3.63, 3.8) is 0 Å². The Bertz CT molecular complexity index is 356. The average molecular weight is 260 g/mol. The number of hydrogen-bond donors (Lipinski definition) is 2. The van der Waals surface area contributed by atoms with Gasteiger partial charge in [0.05, 0.1) is 19.3 Å². The van der Waals surface area contributed by atoms with E-state index < -0.39 is 0 Å². The molecule has 96 valence electrons. The number of nitrogens with two attached hydrogens (primary N) is 1. The van der Waals surface area contributed by atoms with E-state index in [0.717, 1.165) is 0 Å². The van der Waals surface area contributed by atoms with Crippen LogP contribution in [0, 0.1) is 0 Å². The molecule has 0 aliphatic rings. The zero-order valence-corrected chi connectivity index (χ0v) is 10.6. The number of aromatic nitrogens is 2. The third-order valence-electron chi connectivity index (χ3n) is 1.74. The average Bonchev–Trinajstić information content (AvgIpc) is 2.73. The van der Waals surface area contributed by atoms with Crippen LogP contribution < -0.4 is 11.1 Å². The lowest BCUT2D eigenvalue weighted by Gasteiger charge is -2.02. The van der Waals surface area contributed by atoms with E-state index in [2.05, 4.69) is 15.5 Å². The first-order valence-corrected chi connectivity index (χ1v) is 5.90. The molecule has 17 heavy (non-hydrogen) atoms. The van der Waals surface area contributed by atoms with Crippen molar-refractivity contribution in [3.8, 4) is 0 Å². The van der Waals surface area contributed by atoms with Crippen LogP contribution in [-0.2, 0) is 14.3 Å². The van der Waals surface area contributed by atoms with Gasteiger partial charge in [0.2, 0.25) is 5.13 Å². The molecule has 1 amide bonds. The maximum Gasteiger partial charge on any atom is 0.252 e. The topological polar surface area (TPSA) is 99.4 Å². The smallest absolute Gasteiger partial charge is 0.252 e. The monoisotopic (exact) mass is 260 g/mol. The fourth-order valence-electron chi connectivity index (χ4n) is 0.932. The van der Waals surface area contributed by atoms with Crippen molar-refractivity contribution >= 4 is 22.4 Å². The molecule has 0 aromatic carbocycles. The summed E-state index contributed by atoms with van der Waals surface area (Å²) in [6.45, 7) is 2.61. The number of methoxy groups -OCH3 is 1. The van der Waals surface area contributed by atoms with Crippen molar-refractivity contribution in [3.05, 3.63) is 5.01 Å². The molecule has 1 aromatic rings. The van der Waals surface area contributed by atoms with Crippen LogP contribution in [-0.4, -0.2) is 43.0 Å². The van der Waals surface area contributed by atoms with Gasteiger partial charge >= 0.3 is 0 Å². The lowest BCUT2D eigenvalue weighted by molar-refractivity contribution is -0.121. The second kappa shape index (κ2) is 7.28. The summed E-state index contributed by atoms with van der Waals surface area (Å²) in [4.78, 5) is 11.4. The molecule has 0 bridgehead atoms. The van der Waals surface area contributed by atoms with Gasteiger partial charge in [-0.05, 0) is 6.92 Å². The molecule has 1 aromatic heterocycles. The fourth-order valence-corrected chi connectivity index (χ4v) is 1.64. The van der Waals surface area contributed by atoms with Crippen molar-refractivity contribution in [1.82, 2.24) is 10.2 Å². The van der Waals surface area contributed by atoms with Gasteiger partial charge in [-0.3, -0.25) is 10.1 Å². The van der Waals surface area contributed by atoms with Gasteiger partial charge in [-0.25, -0.2) is 0 Å². The van der Waals surface area contributed by atoms with E-state index in [1.54, 1.807) is 14.0 Å². The Morgan fingerprint density at radius 3 is 2.88 bits per heavy atom. The van der Waals surface area contributed by atoms with Crippen LogP contribution >= 0.6 is 11.3 Å². The number of nitrogens with zero attached hydrogens (tertiary/aromatic N) is 2. The lowest BCUT2D eigenvalue weighted by atomic mass is 10.4. The van der Waals surface area contributed by atoms with E-state index >= 15 is 0 Å². The minimum absolute atomic E-state index is 0.0313. The maximum atomic E-state index is 11.4. The van der Waals surface area contributed by atoms with Gasteiger partial charge in [-0.1, -0.05) is 11.3 Å². The SMILES string of the molecule is COCCOCC(=O)Nc1nnc(C(C)N)s1. The summed E-state index contributed by atoms with van der Waals surface area (Å²) in [6, 6.07) is -0.184. The highest BCUT2D eigenvalue weighted by molar-refractivity contribution is 7.15. The predicted molar refractivity (Wildman–Crippen MR) is 63.8 cm³/mol. The number of ether oxygens (including phenoxy) is 2. The molecular formula is C9H16N4O3S. The van der Waals surface area contributed by atoms with Crippen molar-refractivity contribution in [2.24, 2.45) is 5.73 Å². The molecule has 1 rings (SSSR count). The number of rotatable bonds is 7. The summed E-state index contributed by atoms with van der Waals surface area (Å²) in [7, 11) is 1.57. The first-order valence-electron chi connectivity index (χ1n) is 5.09. The lowest BCUT2D eigenvalue weighted by Crippen LogP contribution is -2.19. The van der Waals surface area contributed by atoms with Gasteiger partial charge in [0, 0.05) is 7.11 Å². The summed E-state index contributed by atoms with van der Waals surface area (Å²) in [6.07, 6.45) is 0. The Morgan fingerprint density at radius 2 is 2.29 bits per heavy atom. The molecule has 1 heterocycles. The molecule has 0 aliphatic heterocycles. The molecule has 0 fully saturated rings. The second-order valence-corrected chi connectivity index (χ2v) is 4.34. The highest BCUT2D eigenvalue weighted by Gasteiger charge is 2.10. The van der Waals surface area contributed by atoms with Crippen molar-refractivity contribution in [1.29, 1.82) is 0 Å². The van der Waals surface area contributed by atoms with Gasteiger partial charge in [-0.15, -0.1) is 10.2 Å². The van der Waals surface area contributed by atoms with Crippen LogP contribution in [0.2, 0.25) is 0 Å². The van der Waals surface area contributed by atoms with Crippen LogP contribution in [0.4, 0.5) is 5.13 Å². The maximum absolute atomic E-state index is 11.4. The van der Waals surface area contributed by atoms with E-state index in [9.17, 15) is 4.79 Å². The molecule has 8 heteroatoms. The Labute approximate surface area is 103 Å². The predicted octanol–water partition coefficient (Wildman–Crippen LogP) is 0.159. The van der Waals surface area contributed by atoms with E-state index in [0.29, 0.717) is 23.4 Å². The van der Waals surface area contributed by atoms with Gasteiger partial charge in [0.1, 0.15) is 11.6 Å². The molecule has 0 radical (unpaired) electrons. The number of amides is 1. The fraction of sp³-hybridized carbons (Fsp3) is 0.667. The van der Waals surface area contributed by atoms with E-state index in [-0.39, 0.29) is 18.6 Å². The van der Waals surface area contributed by atoms with Crippen LogP contribution in [0.5, 0.6) is 0 Å². The molecule has 0 saturated heterocycles. The van der Waals surface area contributed by atoms with Crippen LogP contribution in [0.25, 0.3) is 0 Å². The Balaban J connectivity index is 2.29. The van der Waals surface area contributed by atoms with E-state index in [1.165, 1.54) is 11.3 Å². The molecule has 1 atom stereocenters. The molecule has 7 nitrogen and oxygen atoms in total. The van der Waals surface area contributed by atoms with E-state index in [1.807, 2.05) is 0 Å². The minimum atomic E-state index is -0.270. The second-order valence-electron chi connectivity index (χ2n) is 3.33. The molecule has 3 N–H and O–H groups in total. The standard InChI is InChI=1S/C9H16N4O3S/c1-6(10)8-12-13-9(17-8)11-7(14)5-16-4-3-15-2/h6H,3-5,10H2,1-2H3,(H,11,13,14). The molecule has 0 aliphatic carbocycles. The number of nitrogens with one attached hydrogen (secondary N) is 1. The van der Waals surface area contributed by atoms with Crippen LogP contribution in [0.1, 0.15) is 18.0 Å². The summed E-state index contributed by atoms with van der Waals surface area (Å²) in [5, 5.41) is 11.3. The molecular weight excluding hydrogens is 244 g/mol.